The van der Waals surface area contributed by atoms with Crippen LogP contribution in [0.1, 0.15) is 29.8 Å². The van der Waals surface area contributed by atoms with Crippen molar-refractivity contribution < 1.29 is 14.3 Å². The summed E-state index contributed by atoms with van der Waals surface area (Å²) in [6.07, 6.45) is 3.61. The van der Waals surface area contributed by atoms with Crippen LogP contribution < -0.4 is 9.64 Å². The van der Waals surface area contributed by atoms with Crippen LogP contribution in [0.5, 0.6) is 5.75 Å². The topological polar surface area (TPSA) is 51.7 Å². The van der Waals surface area contributed by atoms with Crippen molar-refractivity contribution in [1.82, 2.24) is 4.98 Å². The van der Waals surface area contributed by atoms with E-state index in [-0.39, 0.29) is 12.0 Å². The van der Waals surface area contributed by atoms with Gasteiger partial charge in [0.2, 0.25) is 0 Å². The molecule has 0 radical (unpaired) electrons. The Morgan fingerprint density at radius 1 is 1.29 bits per heavy atom. The van der Waals surface area contributed by atoms with Gasteiger partial charge in [0.15, 0.2) is 0 Å². The number of carbonyl (C=O) groups is 1. The number of pyridine rings is 1. The van der Waals surface area contributed by atoms with Gasteiger partial charge in [-0.05, 0) is 30.2 Å². The van der Waals surface area contributed by atoms with Crippen LogP contribution >= 0.6 is 0 Å². The van der Waals surface area contributed by atoms with Crippen molar-refractivity contribution in [2.24, 2.45) is 5.92 Å². The van der Waals surface area contributed by atoms with Gasteiger partial charge in [-0.25, -0.2) is 4.79 Å². The SMILES string of the molecule is COC(=O)c1ccc2c(c1)OCC(C(C)C)N(c1ccncc1)C2. The maximum atomic E-state index is 11.7. The molecule has 3 rings (SSSR count). The molecule has 0 saturated carbocycles. The molecule has 0 fully saturated rings. The van der Waals surface area contributed by atoms with Crippen LogP contribution in [0.25, 0.3) is 0 Å². The molecule has 1 aromatic heterocycles. The molecule has 1 aliphatic heterocycles. The first kappa shape index (κ1) is 16.3. The minimum atomic E-state index is -0.350. The monoisotopic (exact) mass is 326 g/mol. The lowest BCUT2D eigenvalue weighted by Gasteiger charge is -2.33. The van der Waals surface area contributed by atoms with E-state index in [1.54, 1.807) is 24.5 Å². The molecule has 0 spiro atoms. The molecule has 0 aliphatic carbocycles. The van der Waals surface area contributed by atoms with Crippen LogP contribution in [0.3, 0.4) is 0 Å². The fourth-order valence-corrected chi connectivity index (χ4v) is 3.00. The molecular formula is C19H22N2O3. The summed E-state index contributed by atoms with van der Waals surface area (Å²) < 4.78 is 10.8. The van der Waals surface area contributed by atoms with Gasteiger partial charge in [0.05, 0.1) is 18.7 Å². The third-order valence-electron chi connectivity index (χ3n) is 4.40. The number of fused-ring (bicyclic) bond motifs is 1. The Labute approximate surface area is 142 Å². The first-order valence-electron chi connectivity index (χ1n) is 8.11. The summed E-state index contributed by atoms with van der Waals surface area (Å²) in [5.74, 6) is 0.824. The van der Waals surface area contributed by atoms with E-state index in [9.17, 15) is 4.79 Å². The highest BCUT2D eigenvalue weighted by Gasteiger charge is 2.28. The van der Waals surface area contributed by atoms with Gasteiger partial charge in [0.1, 0.15) is 12.4 Å². The van der Waals surface area contributed by atoms with Gasteiger partial charge >= 0.3 is 5.97 Å². The predicted octanol–water partition coefficient (Wildman–Crippen LogP) is 3.29. The molecule has 2 aromatic rings. The van der Waals surface area contributed by atoms with E-state index in [1.807, 2.05) is 18.2 Å². The Balaban J connectivity index is 1.97. The lowest BCUT2D eigenvalue weighted by Crippen LogP contribution is -2.41. The molecule has 0 amide bonds. The Kier molecular flexibility index (Phi) is 4.69. The van der Waals surface area contributed by atoms with Crippen molar-refractivity contribution in [3.63, 3.8) is 0 Å². The number of rotatable bonds is 3. The maximum Gasteiger partial charge on any atom is 0.337 e. The smallest absolute Gasteiger partial charge is 0.337 e. The van der Waals surface area contributed by atoms with Crippen LogP contribution in [-0.2, 0) is 11.3 Å². The van der Waals surface area contributed by atoms with Crippen LogP contribution in [0.15, 0.2) is 42.7 Å². The van der Waals surface area contributed by atoms with Gasteiger partial charge < -0.3 is 14.4 Å². The van der Waals surface area contributed by atoms with Gasteiger partial charge in [0.25, 0.3) is 0 Å². The van der Waals surface area contributed by atoms with Crippen LogP contribution in [-0.4, -0.2) is 30.7 Å². The Hall–Kier alpha value is -2.56. The minimum absolute atomic E-state index is 0.237. The number of methoxy groups -OCH3 is 1. The number of hydrogen-bond acceptors (Lipinski definition) is 5. The molecule has 1 aromatic carbocycles. The van der Waals surface area contributed by atoms with Gasteiger partial charge in [-0.15, -0.1) is 0 Å². The highest BCUT2D eigenvalue weighted by Crippen LogP contribution is 2.31. The highest BCUT2D eigenvalue weighted by molar-refractivity contribution is 5.90. The lowest BCUT2D eigenvalue weighted by molar-refractivity contribution is 0.0600. The van der Waals surface area contributed by atoms with Gasteiger partial charge in [-0.2, -0.15) is 0 Å². The van der Waals surface area contributed by atoms with E-state index >= 15 is 0 Å². The molecule has 0 saturated heterocycles. The van der Waals surface area contributed by atoms with Crippen LogP contribution in [0, 0.1) is 5.92 Å². The molecule has 24 heavy (non-hydrogen) atoms. The zero-order chi connectivity index (χ0) is 17.1. The second-order valence-corrected chi connectivity index (χ2v) is 6.27. The van der Waals surface area contributed by atoms with Crippen molar-refractivity contribution in [2.45, 2.75) is 26.4 Å². The zero-order valence-corrected chi connectivity index (χ0v) is 14.2. The number of carbonyl (C=O) groups excluding carboxylic acids is 1. The van der Waals surface area contributed by atoms with Gasteiger partial charge in [0, 0.05) is 30.2 Å². The zero-order valence-electron chi connectivity index (χ0n) is 14.2. The van der Waals surface area contributed by atoms with E-state index in [2.05, 4.69) is 23.7 Å². The van der Waals surface area contributed by atoms with E-state index in [1.165, 1.54) is 7.11 Å². The summed E-state index contributed by atoms with van der Waals surface area (Å²) in [7, 11) is 1.38. The number of nitrogens with zero attached hydrogens (tertiary/aromatic N) is 2. The average Bonchev–Trinajstić information content (AvgIpc) is 2.80. The molecule has 0 bridgehead atoms. The normalized spacial score (nSPS) is 17.0. The van der Waals surface area contributed by atoms with E-state index in [0.29, 0.717) is 18.1 Å². The lowest BCUT2D eigenvalue weighted by atomic mass is 10.0. The fourth-order valence-electron chi connectivity index (χ4n) is 3.00. The standard InChI is InChI=1S/C19H22N2O3/c1-13(2)17-12-24-18-10-14(19(22)23-3)4-5-15(18)11-21(17)16-6-8-20-9-7-16/h4-10,13,17H,11-12H2,1-3H3. The molecule has 5 nitrogen and oxygen atoms in total. The van der Waals surface area contributed by atoms with Crippen LogP contribution in [0.2, 0.25) is 0 Å². The third-order valence-corrected chi connectivity index (χ3v) is 4.40. The Morgan fingerprint density at radius 2 is 2.04 bits per heavy atom. The number of aromatic nitrogens is 1. The average molecular weight is 326 g/mol. The molecule has 1 atom stereocenters. The predicted molar refractivity (Wildman–Crippen MR) is 92.3 cm³/mol. The summed E-state index contributed by atoms with van der Waals surface area (Å²) >= 11 is 0. The van der Waals surface area contributed by atoms with Crippen molar-refractivity contribution in [3.05, 3.63) is 53.9 Å². The quantitative estimate of drug-likeness (QED) is 0.810. The van der Waals surface area contributed by atoms with Crippen molar-refractivity contribution >= 4 is 11.7 Å². The molecule has 126 valence electrons. The number of benzene rings is 1. The third kappa shape index (κ3) is 3.20. The first-order chi connectivity index (χ1) is 11.6. The summed E-state index contributed by atoms with van der Waals surface area (Å²) in [5, 5.41) is 0. The second-order valence-electron chi connectivity index (χ2n) is 6.27. The van der Waals surface area contributed by atoms with Crippen molar-refractivity contribution in [1.29, 1.82) is 0 Å². The summed E-state index contributed by atoms with van der Waals surface area (Å²) in [6, 6.07) is 9.77. The highest BCUT2D eigenvalue weighted by atomic mass is 16.5. The molecule has 1 unspecified atom stereocenters. The number of esters is 1. The molecular weight excluding hydrogens is 304 g/mol. The molecule has 0 N–H and O–H groups in total. The van der Waals surface area contributed by atoms with Gasteiger partial charge in [-0.1, -0.05) is 19.9 Å². The van der Waals surface area contributed by atoms with E-state index < -0.39 is 0 Å². The number of anilines is 1. The molecule has 5 heteroatoms. The Morgan fingerprint density at radius 3 is 2.71 bits per heavy atom. The summed E-state index contributed by atoms with van der Waals surface area (Å²) in [6.45, 7) is 5.68. The number of hydrogen-bond donors (Lipinski definition) is 0. The summed E-state index contributed by atoms with van der Waals surface area (Å²) in [5.41, 5.74) is 2.69. The summed E-state index contributed by atoms with van der Waals surface area (Å²) in [4.78, 5) is 18.2. The molecule has 1 aliphatic rings. The molecule has 2 heterocycles. The minimum Gasteiger partial charge on any atom is -0.491 e. The van der Waals surface area contributed by atoms with Crippen LogP contribution in [0.4, 0.5) is 5.69 Å². The first-order valence-corrected chi connectivity index (χ1v) is 8.11. The van der Waals surface area contributed by atoms with E-state index in [0.717, 1.165) is 23.5 Å². The number of ether oxygens (including phenoxy) is 2. The second kappa shape index (κ2) is 6.91. The Bertz CT molecular complexity index is 716. The van der Waals surface area contributed by atoms with Crippen molar-refractivity contribution in [3.8, 4) is 5.75 Å². The van der Waals surface area contributed by atoms with E-state index in [4.69, 9.17) is 9.47 Å². The van der Waals surface area contributed by atoms with Crippen molar-refractivity contribution in [2.75, 3.05) is 18.6 Å². The van der Waals surface area contributed by atoms with Gasteiger partial charge in [-0.3, -0.25) is 4.98 Å². The maximum absolute atomic E-state index is 11.7. The largest absolute Gasteiger partial charge is 0.491 e. The fraction of sp³-hybridized carbons (Fsp3) is 0.368.